The fraction of sp³-hybridized carbons (Fsp3) is 0.556. The molecule has 0 bridgehead atoms. The van der Waals surface area contributed by atoms with Gasteiger partial charge in [0.2, 0.25) is 21.1 Å². The van der Waals surface area contributed by atoms with Crippen LogP contribution in [0.15, 0.2) is 35.2 Å². The highest BCUT2D eigenvalue weighted by molar-refractivity contribution is 7.92. The first-order valence-corrected chi connectivity index (χ1v) is 10.1. The summed E-state index contributed by atoms with van der Waals surface area (Å²) in [5.41, 5.74) is -0.799. The fourth-order valence-electron chi connectivity index (χ4n) is 2.63. The predicted octanol–water partition coefficient (Wildman–Crippen LogP) is 1.96. The molecule has 138 valence electrons. The van der Waals surface area contributed by atoms with Crippen molar-refractivity contribution in [1.29, 1.82) is 0 Å². The van der Waals surface area contributed by atoms with Crippen LogP contribution in [-0.2, 0) is 19.4 Å². The summed E-state index contributed by atoms with van der Waals surface area (Å²) in [7, 11) is -4.03. The molecule has 1 aliphatic rings. The first kappa shape index (κ1) is 19.4. The molecule has 1 fully saturated rings. The highest BCUT2D eigenvalue weighted by Crippen LogP contribution is 2.21. The van der Waals surface area contributed by atoms with E-state index < -0.39 is 32.4 Å². The van der Waals surface area contributed by atoms with Gasteiger partial charge in [0.1, 0.15) is 0 Å². The molecule has 1 saturated heterocycles. The summed E-state index contributed by atoms with van der Waals surface area (Å²) in [6.07, 6.45) is 2.71. The summed E-state index contributed by atoms with van der Waals surface area (Å²) in [4.78, 5) is 26.9. The SMILES string of the molecule is CC(C)(C)C(=O)NC(C(=O)N1CCCCC1)S(=O)(=O)c1ccccc1. The van der Waals surface area contributed by atoms with Crippen molar-refractivity contribution >= 4 is 21.7 Å². The monoisotopic (exact) mass is 366 g/mol. The number of carbonyl (C=O) groups excluding carboxylic acids is 2. The zero-order chi connectivity index (χ0) is 18.7. The molecule has 1 aromatic carbocycles. The number of carbonyl (C=O) groups is 2. The quantitative estimate of drug-likeness (QED) is 0.883. The molecule has 0 saturated carbocycles. The van der Waals surface area contributed by atoms with Crippen molar-refractivity contribution in [3.05, 3.63) is 30.3 Å². The molecule has 0 radical (unpaired) electrons. The Morgan fingerprint density at radius 1 is 1.04 bits per heavy atom. The number of likely N-dealkylation sites (tertiary alicyclic amines) is 1. The Labute approximate surface area is 149 Å². The third-order valence-electron chi connectivity index (χ3n) is 4.22. The van der Waals surface area contributed by atoms with Gasteiger partial charge in [0.15, 0.2) is 0 Å². The number of hydrogen-bond donors (Lipinski definition) is 1. The van der Waals surface area contributed by atoms with Crippen LogP contribution in [-0.4, -0.2) is 43.6 Å². The second kappa shape index (κ2) is 7.56. The summed E-state index contributed by atoms with van der Waals surface area (Å²) >= 11 is 0. The lowest BCUT2D eigenvalue weighted by Gasteiger charge is -2.31. The van der Waals surface area contributed by atoms with Gasteiger partial charge in [-0.2, -0.15) is 0 Å². The van der Waals surface area contributed by atoms with Crippen LogP contribution in [0.25, 0.3) is 0 Å². The van der Waals surface area contributed by atoms with Crippen LogP contribution in [0.5, 0.6) is 0 Å². The maximum atomic E-state index is 13.0. The van der Waals surface area contributed by atoms with Crippen LogP contribution >= 0.6 is 0 Å². The molecular formula is C18H26N2O4S. The number of piperidine rings is 1. The van der Waals surface area contributed by atoms with Crippen LogP contribution in [0.3, 0.4) is 0 Å². The van der Waals surface area contributed by atoms with E-state index >= 15 is 0 Å². The topological polar surface area (TPSA) is 83.6 Å². The van der Waals surface area contributed by atoms with Gasteiger partial charge < -0.3 is 10.2 Å². The molecule has 0 aliphatic carbocycles. The van der Waals surface area contributed by atoms with Crippen LogP contribution in [0.2, 0.25) is 0 Å². The zero-order valence-corrected chi connectivity index (χ0v) is 15.8. The highest BCUT2D eigenvalue weighted by atomic mass is 32.2. The minimum atomic E-state index is -4.03. The first-order chi connectivity index (χ1) is 11.6. The molecule has 1 atom stereocenters. The lowest BCUT2D eigenvalue weighted by atomic mass is 9.96. The Morgan fingerprint density at radius 3 is 2.12 bits per heavy atom. The Bertz CT molecular complexity index is 717. The third kappa shape index (κ3) is 4.60. The average Bonchev–Trinajstić information content (AvgIpc) is 2.59. The second-order valence-corrected chi connectivity index (χ2v) is 9.38. The van der Waals surface area contributed by atoms with Crippen LogP contribution in [0.4, 0.5) is 0 Å². The fourth-order valence-corrected chi connectivity index (χ4v) is 4.12. The molecule has 0 spiro atoms. The van der Waals surface area contributed by atoms with E-state index in [1.165, 1.54) is 17.0 Å². The number of amides is 2. The molecule has 1 N–H and O–H groups in total. The molecule has 1 unspecified atom stereocenters. The predicted molar refractivity (Wildman–Crippen MR) is 95.4 cm³/mol. The Balaban J connectivity index is 2.37. The summed E-state index contributed by atoms with van der Waals surface area (Å²) < 4.78 is 26.0. The van der Waals surface area contributed by atoms with Crippen LogP contribution in [0.1, 0.15) is 40.0 Å². The van der Waals surface area contributed by atoms with Gasteiger partial charge in [-0.05, 0) is 31.4 Å². The van der Waals surface area contributed by atoms with Gasteiger partial charge in [0, 0.05) is 18.5 Å². The van der Waals surface area contributed by atoms with Gasteiger partial charge in [0.05, 0.1) is 4.90 Å². The van der Waals surface area contributed by atoms with Crippen molar-refractivity contribution in [2.24, 2.45) is 5.41 Å². The number of rotatable bonds is 4. The van der Waals surface area contributed by atoms with Crippen LogP contribution in [0, 0.1) is 5.41 Å². The average molecular weight is 366 g/mol. The van der Waals surface area contributed by atoms with Gasteiger partial charge >= 0.3 is 0 Å². The molecule has 6 nitrogen and oxygen atoms in total. The Hall–Kier alpha value is -1.89. The van der Waals surface area contributed by atoms with Gasteiger partial charge in [-0.3, -0.25) is 9.59 Å². The number of sulfone groups is 1. The molecule has 0 aromatic heterocycles. The van der Waals surface area contributed by atoms with E-state index in [4.69, 9.17) is 0 Å². The van der Waals surface area contributed by atoms with E-state index in [0.29, 0.717) is 13.1 Å². The maximum Gasteiger partial charge on any atom is 0.261 e. The van der Waals surface area contributed by atoms with E-state index in [-0.39, 0.29) is 4.90 Å². The van der Waals surface area contributed by atoms with Gasteiger partial charge in [0.25, 0.3) is 5.91 Å². The molecule has 2 amide bonds. The maximum absolute atomic E-state index is 13.0. The Morgan fingerprint density at radius 2 is 1.60 bits per heavy atom. The van der Waals surface area contributed by atoms with Crippen molar-refractivity contribution in [2.45, 2.75) is 50.3 Å². The van der Waals surface area contributed by atoms with Crippen LogP contribution < -0.4 is 5.32 Å². The number of nitrogens with one attached hydrogen (secondary N) is 1. The zero-order valence-electron chi connectivity index (χ0n) is 15.0. The van der Waals surface area contributed by atoms with Gasteiger partial charge in [-0.25, -0.2) is 8.42 Å². The molecular weight excluding hydrogens is 340 g/mol. The summed E-state index contributed by atoms with van der Waals surface area (Å²) in [5, 5.41) is 0.877. The van der Waals surface area contributed by atoms with Crippen molar-refractivity contribution in [3.8, 4) is 0 Å². The van der Waals surface area contributed by atoms with E-state index in [9.17, 15) is 18.0 Å². The van der Waals surface area contributed by atoms with E-state index in [0.717, 1.165) is 19.3 Å². The van der Waals surface area contributed by atoms with Gasteiger partial charge in [-0.15, -0.1) is 0 Å². The molecule has 1 aromatic rings. The lowest BCUT2D eigenvalue weighted by molar-refractivity contribution is -0.137. The molecule has 1 aliphatic heterocycles. The number of benzene rings is 1. The third-order valence-corrected chi connectivity index (χ3v) is 6.09. The van der Waals surface area contributed by atoms with Gasteiger partial charge in [-0.1, -0.05) is 39.0 Å². The van der Waals surface area contributed by atoms with E-state index in [1.807, 2.05) is 0 Å². The van der Waals surface area contributed by atoms with Crippen molar-refractivity contribution < 1.29 is 18.0 Å². The molecule has 2 rings (SSSR count). The van der Waals surface area contributed by atoms with Crippen molar-refractivity contribution in [2.75, 3.05) is 13.1 Å². The normalized spacial score (nSPS) is 17.0. The minimum Gasteiger partial charge on any atom is -0.340 e. The first-order valence-electron chi connectivity index (χ1n) is 8.53. The Kier molecular flexibility index (Phi) is 5.87. The smallest absolute Gasteiger partial charge is 0.261 e. The van der Waals surface area contributed by atoms with E-state index in [2.05, 4.69) is 5.32 Å². The second-order valence-electron chi connectivity index (χ2n) is 7.35. The summed E-state index contributed by atoms with van der Waals surface area (Å²) in [6, 6.07) is 7.78. The van der Waals surface area contributed by atoms with Crippen molar-refractivity contribution in [1.82, 2.24) is 10.2 Å². The molecule has 7 heteroatoms. The number of hydrogen-bond acceptors (Lipinski definition) is 4. The summed E-state index contributed by atoms with van der Waals surface area (Å²) in [6.45, 7) is 6.08. The summed E-state index contributed by atoms with van der Waals surface area (Å²) in [5.74, 6) is -1.02. The number of nitrogens with zero attached hydrogens (tertiary/aromatic N) is 1. The lowest BCUT2D eigenvalue weighted by Crippen LogP contribution is -2.55. The van der Waals surface area contributed by atoms with E-state index in [1.54, 1.807) is 39.0 Å². The highest BCUT2D eigenvalue weighted by Gasteiger charge is 2.40. The standard InChI is InChI=1S/C18H26N2O4S/c1-18(2,3)17(22)19-15(16(21)20-12-8-5-9-13-20)25(23,24)14-10-6-4-7-11-14/h4,6-7,10-11,15H,5,8-9,12-13H2,1-3H3,(H,19,22). The van der Waals surface area contributed by atoms with Crippen molar-refractivity contribution in [3.63, 3.8) is 0 Å². The minimum absolute atomic E-state index is 0.0274. The largest absolute Gasteiger partial charge is 0.340 e. The molecule has 1 heterocycles. The molecule has 25 heavy (non-hydrogen) atoms.